The fourth-order valence-corrected chi connectivity index (χ4v) is 1.95. The van der Waals surface area contributed by atoms with Gasteiger partial charge < -0.3 is 16.0 Å². The molecule has 6 heteroatoms. The lowest BCUT2D eigenvalue weighted by atomic mass is 10.2. The summed E-state index contributed by atoms with van der Waals surface area (Å²) in [7, 11) is 0. The van der Waals surface area contributed by atoms with Crippen LogP contribution in [0, 0.1) is 5.92 Å². The topological polar surface area (TPSA) is 70.9 Å². The summed E-state index contributed by atoms with van der Waals surface area (Å²) in [6.45, 7) is 0.457. The zero-order chi connectivity index (χ0) is 11.7. The summed E-state index contributed by atoms with van der Waals surface area (Å²) >= 11 is 11.5. The summed E-state index contributed by atoms with van der Waals surface area (Å²) in [6.07, 6.45) is 2.27. The maximum Gasteiger partial charge on any atom is 0.268 e. The van der Waals surface area contributed by atoms with E-state index >= 15 is 0 Å². The summed E-state index contributed by atoms with van der Waals surface area (Å²) < 4.78 is 0. The van der Waals surface area contributed by atoms with Crippen molar-refractivity contribution < 1.29 is 4.79 Å². The van der Waals surface area contributed by atoms with E-state index in [0.29, 0.717) is 23.2 Å². The van der Waals surface area contributed by atoms with Crippen molar-refractivity contribution in [3.63, 3.8) is 0 Å². The van der Waals surface area contributed by atoms with Crippen molar-refractivity contribution in [3.8, 4) is 0 Å². The van der Waals surface area contributed by atoms with E-state index in [1.165, 1.54) is 6.07 Å². The van der Waals surface area contributed by atoms with Gasteiger partial charge in [-0.1, -0.05) is 23.2 Å². The molecule has 1 atom stereocenters. The SMILES string of the molecule is NCC(NC(=O)c1cc(Cl)c(Cl)[nH]1)C1CC1. The standard InChI is InChI=1S/C10H13Cl2N3O/c11-6-3-7(14-9(6)12)10(16)15-8(4-13)5-1-2-5/h3,5,8,14H,1-2,4,13H2,(H,15,16). The first-order valence-corrected chi connectivity index (χ1v) is 5.92. The number of carbonyl (C=O) groups excluding carboxylic acids is 1. The van der Waals surface area contributed by atoms with E-state index in [0.717, 1.165) is 12.8 Å². The Labute approximate surface area is 103 Å². The number of halogens is 2. The van der Waals surface area contributed by atoms with Crippen molar-refractivity contribution >= 4 is 29.1 Å². The first-order chi connectivity index (χ1) is 7.61. The second-order valence-corrected chi connectivity index (χ2v) is 4.78. The van der Waals surface area contributed by atoms with Gasteiger partial charge in [0.05, 0.1) is 5.02 Å². The van der Waals surface area contributed by atoms with Crippen LogP contribution in [0.5, 0.6) is 0 Å². The largest absolute Gasteiger partial charge is 0.346 e. The Morgan fingerprint density at radius 1 is 1.62 bits per heavy atom. The second kappa shape index (κ2) is 4.65. The smallest absolute Gasteiger partial charge is 0.268 e. The van der Waals surface area contributed by atoms with E-state index < -0.39 is 0 Å². The van der Waals surface area contributed by atoms with Crippen LogP contribution in [0.1, 0.15) is 23.3 Å². The molecule has 1 heterocycles. The minimum Gasteiger partial charge on any atom is -0.346 e. The van der Waals surface area contributed by atoms with Crippen molar-refractivity contribution in [2.24, 2.45) is 11.7 Å². The van der Waals surface area contributed by atoms with Gasteiger partial charge in [0, 0.05) is 12.6 Å². The molecular weight excluding hydrogens is 249 g/mol. The van der Waals surface area contributed by atoms with Crippen LogP contribution >= 0.6 is 23.2 Å². The Balaban J connectivity index is 2.01. The van der Waals surface area contributed by atoms with Gasteiger partial charge in [-0.15, -0.1) is 0 Å². The Bertz CT molecular complexity index is 381. The quantitative estimate of drug-likeness (QED) is 0.774. The molecule has 0 aromatic carbocycles. The van der Waals surface area contributed by atoms with Crippen molar-refractivity contribution in [2.75, 3.05) is 6.54 Å². The van der Waals surface area contributed by atoms with Gasteiger partial charge in [-0.05, 0) is 24.8 Å². The summed E-state index contributed by atoms with van der Waals surface area (Å²) in [5.41, 5.74) is 5.97. The highest BCUT2D eigenvalue weighted by Gasteiger charge is 2.31. The molecule has 1 aromatic rings. The third-order valence-electron chi connectivity index (χ3n) is 2.73. The molecule has 1 aliphatic carbocycles. The van der Waals surface area contributed by atoms with Gasteiger partial charge in [-0.3, -0.25) is 4.79 Å². The van der Waals surface area contributed by atoms with Crippen LogP contribution in [-0.4, -0.2) is 23.5 Å². The number of aromatic amines is 1. The number of nitrogens with one attached hydrogen (secondary N) is 2. The highest BCUT2D eigenvalue weighted by Crippen LogP contribution is 2.32. The third kappa shape index (κ3) is 2.51. The fourth-order valence-electron chi connectivity index (χ4n) is 1.64. The van der Waals surface area contributed by atoms with Crippen molar-refractivity contribution in [1.29, 1.82) is 0 Å². The Morgan fingerprint density at radius 2 is 2.31 bits per heavy atom. The molecule has 4 N–H and O–H groups in total. The highest BCUT2D eigenvalue weighted by atomic mass is 35.5. The first-order valence-electron chi connectivity index (χ1n) is 5.16. The molecule has 4 nitrogen and oxygen atoms in total. The molecule has 0 bridgehead atoms. The van der Waals surface area contributed by atoms with Gasteiger partial charge in [0.15, 0.2) is 0 Å². The van der Waals surface area contributed by atoms with E-state index in [9.17, 15) is 4.79 Å². The average molecular weight is 262 g/mol. The average Bonchev–Trinajstić information content (AvgIpc) is 3.03. The zero-order valence-corrected chi connectivity index (χ0v) is 10.1. The van der Waals surface area contributed by atoms with E-state index in [1.807, 2.05) is 0 Å². The maximum absolute atomic E-state index is 11.8. The molecule has 0 saturated heterocycles. The molecule has 0 radical (unpaired) electrons. The molecule has 0 aliphatic heterocycles. The molecule has 0 spiro atoms. The molecule has 88 valence electrons. The summed E-state index contributed by atoms with van der Waals surface area (Å²) in [5.74, 6) is 0.311. The molecule has 16 heavy (non-hydrogen) atoms. The van der Waals surface area contributed by atoms with Crippen molar-refractivity contribution in [1.82, 2.24) is 10.3 Å². The normalized spacial score (nSPS) is 17.2. The van der Waals surface area contributed by atoms with Crippen molar-refractivity contribution in [2.45, 2.75) is 18.9 Å². The van der Waals surface area contributed by atoms with Crippen LogP contribution < -0.4 is 11.1 Å². The van der Waals surface area contributed by atoms with Crippen LogP contribution in [0.4, 0.5) is 0 Å². The monoisotopic (exact) mass is 261 g/mol. The van der Waals surface area contributed by atoms with E-state index in [-0.39, 0.29) is 17.1 Å². The highest BCUT2D eigenvalue weighted by molar-refractivity contribution is 6.41. The van der Waals surface area contributed by atoms with Crippen LogP contribution in [0.15, 0.2) is 6.07 Å². The number of carbonyl (C=O) groups is 1. The fraction of sp³-hybridized carbons (Fsp3) is 0.500. The molecule has 1 unspecified atom stereocenters. The molecule has 2 rings (SSSR count). The lowest BCUT2D eigenvalue weighted by Crippen LogP contribution is -2.41. The number of aromatic nitrogens is 1. The van der Waals surface area contributed by atoms with Gasteiger partial charge >= 0.3 is 0 Å². The molecule has 1 fully saturated rings. The number of nitrogens with two attached hydrogens (primary N) is 1. The molecule has 1 aromatic heterocycles. The van der Waals surface area contributed by atoms with Crippen LogP contribution in [0.2, 0.25) is 10.2 Å². The summed E-state index contributed by atoms with van der Waals surface area (Å²) in [4.78, 5) is 14.5. The minimum atomic E-state index is -0.212. The minimum absolute atomic E-state index is 0.0494. The van der Waals surface area contributed by atoms with Gasteiger partial charge in [0.2, 0.25) is 0 Å². The zero-order valence-electron chi connectivity index (χ0n) is 8.59. The van der Waals surface area contributed by atoms with Crippen molar-refractivity contribution in [3.05, 3.63) is 21.9 Å². The summed E-state index contributed by atoms with van der Waals surface area (Å²) in [6, 6.07) is 1.56. The van der Waals surface area contributed by atoms with Gasteiger partial charge in [0.1, 0.15) is 10.8 Å². The lowest BCUT2D eigenvalue weighted by Gasteiger charge is -2.15. The summed E-state index contributed by atoms with van der Waals surface area (Å²) in [5, 5.41) is 3.50. The van der Waals surface area contributed by atoms with E-state index in [4.69, 9.17) is 28.9 Å². The number of rotatable bonds is 4. The van der Waals surface area contributed by atoms with Gasteiger partial charge in [-0.2, -0.15) is 0 Å². The molecular formula is C10H13Cl2N3O. The maximum atomic E-state index is 11.8. The Kier molecular flexibility index (Phi) is 3.42. The van der Waals surface area contributed by atoms with Gasteiger partial charge in [-0.25, -0.2) is 0 Å². The molecule has 1 saturated carbocycles. The number of hydrogen-bond acceptors (Lipinski definition) is 2. The predicted molar refractivity (Wildman–Crippen MR) is 63.8 cm³/mol. The molecule has 1 amide bonds. The van der Waals surface area contributed by atoms with Gasteiger partial charge in [0.25, 0.3) is 5.91 Å². The second-order valence-electron chi connectivity index (χ2n) is 4.00. The number of H-pyrrole nitrogens is 1. The lowest BCUT2D eigenvalue weighted by molar-refractivity contribution is 0.0929. The number of amides is 1. The Hall–Kier alpha value is -0.710. The van der Waals surface area contributed by atoms with Crippen LogP contribution in [0.25, 0.3) is 0 Å². The number of hydrogen-bond donors (Lipinski definition) is 3. The van der Waals surface area contributed by atoms with Crippen LogP contribution in [0.3, 0.4) is 0 Å². The molecule has 1 aliphatic rings. The van der Waals surface area contributed by atoms with E-state index in [2.05, 4.69) is 10.3 Å². The van der Waals surface area contributed by atoms with E-state index in [1.54, 1.807) is 0 Å². The Morgan fingerprint density at radius 3 is 2.75 bits per heavy atom. The predicted octanol–water partition coefficient (Wildman–Crippen LogP) is 1.79. The van der Waals surface area contributed by atoms with Crippen LogP contribution in [-0.2, 0) is 0 Å². The third-order valence-corrected chi connectivity index (χ3v) is 3.42. The first kappa shape index (κ1) is 11.8.